The molecule has 0 aliphatic heterocycles. The van der Waals surface area contributed by atoms with Crippen LogP contribution in [0.3, 0.4) is 0 Å². The number of ether oxygens (including phenoxy) is 2. The van der Waals surface area contributed by atoms with E-state index >= 15 is 0 Å². The minimum absolute atomic E-state index is 0.0626. The molecule has 2 rings (SSSR count). The van der Waals surface area contributed by atoms with Crippen LogP contribution in [-0.2, 0) is 10.3 Å². The molecule has 0 bridgehead atoms. The summed E-state index contributed by atoms with van der Waals surface area (Å²) >= 11 is 0. The first-order valence-corrected chi connectivity index (χ1v) is 7.97. The summed E-state index contributed by atoms with van der Waals surface area (Å²) in [6, 6.07) is 11.9. The normalized spacial score (nSPS) is 12.9. The van der Waals surface area contributed by atoms with Crippen molar-refractivity contribution in [3.05, 3.63) is 59.7 Å². The Labute approximate surface area is 154 Å². The Morgan fingerprint density at radius 2 is 1.81 bits per heavy atom. The Bertz CT molecular complexity index is 827. The minimum Gasteiger partial charge on any atom is -0.497 e. The van der Waals surface area contributed by atoms with Gasteiger partial charge in [0.25, 0.3) is 5.91 Å². The van der Waals surface area contributed by atoms with E-state index in [2.05, 4.69) is 10.1 Å². The second-order valence-electron chi connectivity index (χ2n) is 6.00. The van der Waals surface area contributed by atoms with Crippen LogP contribution in [0.25, 0.3) is 0 Å². The topological polar surface area (TPSA) is 84.9 Å². The highest BCUT2D eigenvalue weighted by molar-refractivity contribution is 5.95. The van der Waals surface area contributed by atoms with Crippen LogP contribution in [0.15, 0.2) is 48.5 Å². The molecule has 1 amide bonds. The molecule has 0 aliphatic rings. The molecule has 0 heterocycles. The van der Waals surface area contributed by atoms with Crippen molar-refractivity contribution >= 4 is 11.9 Å². The summed E-state index contributed by atoms with van der Waals surface area (Å²) in [6.07, 6.45) is -0.390. The zero-order chi connectivity index (χ0) is 20.0. The average Bonchev–Trinajstić information content (AvgIpc) is 2.60. The number of hydrogen-bond acceptors (Lipinski definition) is 4. The van der Waals surface area contributed by atoms with Gasteiger partial charge in [0.2, 0.25) is 0 Å². The molecular weight excluding hydrogens is 360 g/mol. The van der Waals surface area contributed by atoms with E-state index in [4.69, 9.17) is 4.74 Å². The van der Waals surface area contributed by atoms with E-state index in [1.807, 2.05) is 0 Å². The number of carboxylic acid groups (broad SMARTS) is 1. The zero-order valence-electron chi connectivity index (χ0n) is 14.7. The van der Waals surface area contributed by atoms with Gasteiger partial charge in [0.1, 0.15) is 11.5 Å². The standard InChI is InChI=1S/C19H19F2NO5/c1-19(11-16(23)24,13-6-4-7-14(10-13)26-2)22-17(25)12-5-3-8-15(9-12)27-18(20)21/h3-10,18H,11H2,1-2H3,(H,22,25)(H,23,24). The monoisotopic (exact) mass is 379 g/mol. The quantitative estimate of drug-likeness (QED) is 0.734. The number of nitrogens with one attached hydrogen (secondary N) is 1. The molecule has 0 radical (unpaired) electrons. The molecular formula is C19H19F2NO5. The first-order chi connectivity index (χ1) is 12.7. The fourth-order valence-electron chi connectivity index (χ4n) is 2.62. The van der Waals surface area contributed by atoms with Crippen LogP contribution in [0.2, 0.25) is 0 Å². The first kappa shape index (κ1) is 20.2. The Balaban J connectivity index is 2.32. The lowest BCUT2D eigenvalue weighted by Crippen LogP contribution is -2.45. The van der Waals surface area contributed by atoms with Gasteiger partial charge in [-0.2, -0.15) is 8.78 Å². The van der Waals surface area contributed by atoms with Crippen molar-refractivity contribution in [2.24, 2.45) is 0 Å². The third kappa shape index (κ3) is 5.40. The van der Waals surface area contributed by atoms with Gasteiger partial charge in [-0.3, -0.25) is 9.59 Å². The predicted octanol–water partition coefficient (Wildman–Crippen LogP) is 3.42. The van der Waals surface area contributed by atoms with E-state index in [1.54, 1.807) is 31.2 Å². The Morgan fingerprint density at radius 1 is 1.15 bits per heavy atom. The number of alkyl halides is 2. The Kier molecular flexibility index (Phi) is 6.33. The van der Waals surface area contributed by atoms with E-state index in [0.717, 1.165) is 6.07 Å². The van der Waals surface area contributed by atoms with Gasteiger partial charge in [0.05, 0.1) is 19.1 Å². The number of carboxylic acids is 1. The van der Waals surface area contributed by atoms with Crippen LogP contribution in [0.5, 0.6) is 11.5 Å². The van der Waals surface area contributed by atoms with Crippen LogP contribution in [0.1, 0.15) is 29.3 Å². The molecule has 0 saturated heterocycles. The SMILES string of the molecule is COc1cccc(C(C)(CC(=O)O)NC(=O)c2cccc(OC(F)F)c2)c1. The summed E-state index contributed by atoms with van der Waals surface area (Å²) in [5.41, 5.74) is -0.665. The Morgan fingerprint density at radius 3 is 2.44 bits per heavy atom. The van der Waals surface area contributed by atoms with Crippen LogP contribution >= 0.6 is 0 Å². The number of halogens is 2. The minimum atomic E-state index is -3.02. The van der Waals surface area contributed by atoms with Crippen LogP contribution in [0.4, 0.5) is 8.78 Å². The van der Waals surface area contributed by atoms with Crippen molar-refractivity contribution in [2.75, 3.05) is 7.11 Å². The van der Waals surface area contributed by atoms with E-state index < -0.39 is 24.0 Å². The number of benzene rings is 2. The maximum absolute atomic E-state index is 12.6. The molecule has 1 unspecified atom stereocenters. The van der Waals surface area contributed by atoms with E-state index in [0.29, 0.717) is 11.3 Å². The number of rotatable bonds is 8. The second kappa shape index (κ2) is 8.48. The number of methoxy groups -OCH3 is 1. The lowest BCUT2D eigenvalue weighted by atomic mass is 9.88. The molecule has 1 atom stereocenters. The molecule has 8 heteroatoms. The van der Waals surface area contributed by atoms with Gasteiger partial charge in [-0.1, -0.05) is 18.2 Å². The van der Waals surface area contributed by atoms with Gasteiger partial charge in [-0.25, -0.2) is 0 Å². The van der Waals surface area contributed by atoms with Crippen molar-refractivity contribution < 1.29 is 33.0 Å². The number of amides is 1. The van der Waals surface area contributed by atoms with Crippen LogP contribution in [0, 0.1) is 0 Å². The molecule has 0 fully saturated rings. The Hall–Kier alpha value is -3.16. The molecule has 0 aromatic heterocycles. The van der Waals surface area contributed by atoms with Gasteiger partial charge in [0, 0.05) is 5.56 Å². The summed E-state index contributed by atoms with van der Waals surface area (Å²) in [6.45, 7) is -1.45. The maximum Gasteiger partial charge on any atom is 0.387 e. The second-order valence-corrected chi connectivity index (χ2v) is 6.00. The molecule has 2 N–H and O–H groups in total. The summed E-state index contributed by atoms with van der Waals surface area (Å²) < 4.78 is 34.2. The molecule has 0 spiro atoms. The number of carbonyl (C=O) groups is 2. The number of hydrogen-bond donors (Lipinski definition) is 2. The van der Waals surface area contributed by atoms with Crippen molar-refractivity contribution in [1.29, 1.82) is 0 Å². The molecule has 144 valence electrons. The summed E-state index contributed by atoms with van der Waals surface area (Å²) in [4.78, 5) is 24.0. The summed E-state index contributed by atoms with van der Waals surface area (Å²) in [5, 5.41) is 11.9. The largest absolute Gasteiger partial charge is 0.497 e. The van der Waals surface area contributed by atoms with Crippen LogP contribution in [-0.4, -0.2) is 30.7 Å². The fraction of sp³-hybridized carbons (Fsp3) is 0.263. The van der Waals surface area contributed by atoms with Gasteiger partial charge < -0.3 is 19.9 Å². The highest BCUT2D eigenvalue weighted by atomic mass is 19.3. The highest BCUT2D eigenvalue weighted by Crippen LogP contribution is 2.28. The first-order valence-electron chi connectivity index (χ1n) is 7.97. The lowest BCUT2D eigenvalue weighted by Gasteiger charge is -2.30. The molecule has 2 aromatic carbocycles. The van der Waals surface area contributed by atoms with Gasteiger partial charge in [0.15, 0.2) is 0 Å². The molecule has 2 aromatic rings. The number of carbonyl (C=O) groups excluding carboxylic acids is 1. The van der Waals surface area contributed by atoms with Gasteiger partial charge in [-0.15, -0.1) is 0 Å². The zero-order valence-corrected chi connectivity index (χ0v) is 14.7. The van der Waals surface area contributed by atoms with Crippen molar-refractivity contribution in [3.63, 3.8) is 0 Å². The lowest BCUT2D eigenvalue weighted by molar-refractivity contribution is -0.138. The summed E-state index contributed by atoms with van der Waals surface area (Å²) in [5.74, 6) is -1.40. The molecule has 27 heavy (non-hydrogen) atoms. The average molecular weight is 379 g/mol. The smallest absolute Gasteiger partial charge is 0.387 e. The van der Waals surface area contributed by atoms with Crippen molar-refractivity contribution in [2.45, 2.75) is 25.5 Å². The van der Waals surface area contributed by atoms with E-state index in [9.17, 15) is 23.5 Å². The highest BCUT2D eigenvalue weighted by Gasteiger charge is 2.32. The van der Waals surface area contributed by atoms with Crippen molar-refractivity contribution in [1.82, 2.24) is 5.32 Å². The molecule has 0 saturated carbocycles. The molecule has 0 aliphatic carbocycles. The van der Waals surface area contributed by atoms with Crippen molar-refractivity contribution in [3.8, 4) is 11.5 Å². The van der Waals surface area contributed by atoms with Gasteiger partial charge >= 0.3 is 12.6 Å². The van der Waals surface area contributed by atoms with Gasteiger partial charge in [-0.05, 0) is 42.8 Å². The third-order valence-corrected chi connectivity index (χ3v) is 3.92. The van der Waals surface area contributed by atoms with Crippen LogP contribution < -0.4 is 14.8 Å². The fourth-order valence-corrected chi connectivity index (χ4v) is 2.62. The summed E-state index contributed by atoms with van der Waals surface area (Å²) in [7, 11) is 1.47. The van der Waals surface area contributed by atoms with E-state index in [-0.39, 0.29) is 17.7 Å². The molecule has 6 nitrogen and oxygen atoms in total. The third-order valence-electron chi connectivity index (χ3n) is 3.92. The maximum atomic E-state index is 12.6. The number of aliphatic carboxylic acids is 1. The predicted molar refractivity (Wildman–Crippen MR) is 93.1 cm³/mol. The van der Waals surface area contributed by atoms with E-state index in [1.165, 1.54) is 25.3 Å².